The number of anilines is 2. The van der Waals surface area contributed by atoms with Crippen molar-refractivity contribution in [1.29, 1.82) is 5.26 Å². The Morgan fingerprint density at radius 3 is 3.00 bits per heavy atom. The van der Waals surface area contributed by atoms with Gasteiger partial charge >= 0.3 is 6.03 Å². The lowest BCUT2D eigenvalue weighted by Gasteiger charge is -2.25. The molecule has 1 fully saturated rings. The first-order chi connectivity index (χ1) is 12.5. The number of hydrogen-bond donors (Lipinski definition) is 3. The summed E-state index contributed by atoms with van der Waals surface area (Å²) in [5.74, 6) is 0.0900. The van der Waals surface area contributed by atoms with Gasteiger partial charge in [0.1, 0.15) is 5.78 Å². The van der Waals surface area contributed by atoms with E-state index in [-0.39, 0.29) is 30.3 Å². The van der Waals surface area contributed by atoms with Crippen LogP contribution in [-0.4, -0.2) is 29.4 Å². The Balaban J connectivity index is 1.60. The Hall–Kier alpha value is -2.66. The van der Waals surface area contributed by atoms with Crippen molar-refractivity contribution in [2.24, 2.45) is 5.92 Å². The SMILES string of the molecule is CC(=O)CNc1ccc2nc(NC(=O)N[C@H]3CCCC(C#N)C3)sc2c1. The number of ketones is 1. The van der Waals surface area contributed by atoms with Crippen LogP contribution in [0, 0.1) is 17.2 Å². The van der Waals surface area contributed by atoms with Crippen molar-refractivity contribution < 1.29 is 9.59 Å². The molecule has 1 heterocycles. The molecule has 0 spiro atoms. The lowest BCUT2D eigenvalue weighted by Crippen LogP contribution is -2.40. The molecule has 0 saturated heterocycles. The van der Waals surface area contributed by atoms with Gasteiger partial charge in [-0.05, 0) is 44.4 Å². The van der Waals surface area contributed by atoms with E-state index >= 15 is 0 Å². The van der Waals surface area contributed by atoms with Gasteiger partial charge in [0.05, 0.1) is 22.8 Å². The Morgan fingerprint density at radius 1 is 1.38 bits per heavy atom. The average molecular weight is 371 g/mol. The number of Topliss-reactive ketones (excluding diaryl/α,β-unsaturated/α-hetero) is 1. The molecule has 0 radical (unpaired) electrons. The van der Waals surface area contributed by atoms with Crippen molar-refractivity contribution in [3.63, 3.8) is 0 Å². The molecule has 3 rings (SSSR count). The van der Waals surface area contributed by atoms with Gasteiger partial charge in [-0.2, -0.15) is 5.26 Å². The zero-order valence-corrected chi connectivity index (χ0v) is 15.4. The molecule has 3 N–H and O–H groups in total. The molecule has 1 aliphatic carbocycles. The molecule has 8 heteroatoms. The van der Waals surface area contributed by atoms with Crippen LogP contribution in [0.4, 0.5) is 15.6 Å². The van der Waals surface area contributed by atoms with Gasteiger partial charge in [-0.3, -0.25) is 10.1 Å². The van der Waals surface area contributed by atoms with Crippen LogP contribution in [0.5, 0.6) is 0 Å². The summed E-state index contributed by atoms with van der Waals surface area (Å²) in [6.45, 7) is 1.81. The second-order valence-electron chi connectivity index (χ2n) is 6.55. The largest absolute Gasteiger partial charge is 0.378 e. The number of carbonyl (C=O) groups is 2. The zero-order chi connectivity index (χ0) is 18.5. The smallest absolute Gasteiger partial charge is 0.321 e. The molecule has 1 saturated carbocycles. The summed E-state index contributed by atoms with van der Waals surface area (Å²) in [5.41, 5.74) is 1.64. The minimum atomic E-state index is -0.289. The van der Waals surface area contributed by atoms with Gasteiger partial charge in [-0.1, -0.05) is 17.8 Å². The summed E-state index contributed by atoms with van der Waals surface area (Å²) in [6.07, 6.45) is 3.47. The Kier molecular flexibility index (Phi) is 5.68. The molecule has 7 nitrogen and oxygen atoms in total. The highest BCUT2D eigenvalue weighted by atomic mass is 32.1. The topological polar surface area (TPSA) is 107 Å². The van der Waals surface area contributed by atoms with Crippen molar-refractivity contribution in [2.75, 3.05) is 17.2 Å². The maximum absolute atomic E-state index is 12.2. The van der Waals surface area contributed by atoms with Gasteiger partial charge in [-0.15, -0.1) is 0 Å². The lowest BCUT2D eigenvalue weighted by molar-refractivity contribution is -0.115. The Morgan fingerprint density at radius 2 is 2.23 bits per heavy atom. The first kappa shape index (κ1) is 18.1. The van der Waals surface area contributed by atoms with Crippen LogP contribution >= 0.6 is 11.3 Å². The minimum Gasteiger partial charge on any atom is -0.378 e. The zero-order valence-electron chi connectivity index (χ0n) is 14.5. The normalized spacial score (nSPS) is 19.5. The number of carbonyl (C=O) groups excluding carboxylic acids is 2. The minimum absolute atomic E-state index is 0.0254. The first-order valence-electron chi connectivity index (χ1n) is 8.64. The summed E-state index contributed by atoms with van der Waals surface area (Å²) < 4.78 is 0.927. The van der Waals surface area contributed by atoms with Crippen molar-refractivity contribution >= 4 is 44.2 Å². The third-order valence-electron chi connectivity index (χ3n) is 4.34. The number of amides is 2. The van der Waals surface area contributed by atoms with E-state index in [2.05, 4.69) is 27.0 Å². The number of aromatic nitrogens is 1. The number of thiazole rings is 1. The highest BCUT2D eigenvalue weighted by molar-refractivity contribution is 7.22. The van der Waals surface area contributed by atoms with E-state index < -0.39 is 0 Å². The fourth-order valence-electron chi connectivity index (χ4n) is 3.07. The second-order valence-corrected chi connectivity index (χ2v) is 7.58. The molecule has 0 bridgehead atoms. The van der Waals surface area contributed by atoms with Gasteiger partial charge in [0.15, 0.2) is 5.13 Å². The van der Waals surface area contributed by atoms with Gasteiger partial charge in [0.2, 0.25) is 0 Å². The summed E-state index contributed by atoms with van der Waals surface area (Å²) in [6, 6.07) is 7.66. The van der Waals surface area contributed by atoms with Gasteiger partial charge in [0.25, 0.3) is 0 Å². The van der Waals surface area contributed by atoms with Crippen LogP contribution in [0.1, 0.15) is 32.6 Å². The third kappa shape index (κ3) is 4.70. The molecule has 2 amide bonds. The molecule has 1 aromatic heterocycles. The number of nitrogens with zero attached hydrogens (tertiary/aromatic N) is 2. The molecule has 1 unspecified atom stereocenters. The molecule has 2 aromatic rings. The van der Waals surface area contributed by atoms with Crippen molar-refractivity contribution in [3.8, 4) is 6.07 Å². The summed E-state index contributed by atoms with van der Waals surface area (Å²) in [7, 11) is 0. The van der Waals surface area contributed by atoms with Crippen LogP contribution < -0.4 is 16.0 Å². The fraction of sp³-hybridized carbons (Fsp3) is 0.444. The van der Waals surface area contributed by atoms with Crippen molar-refractivity contribution in [1.82, 2.24) is 10.3 Å². The van der Waals surface area contributed by atoms with E-state index in [1.165, 1.54) is 18.3 Å². The van der Waals surface area contributed by atoms with Gasteiger partial charge < -0.3 is 10.6 Å². The third-order valence-corrected chi connectivity index (χ3v) is 5.28. The first-order valence-corrected chi connectivity index (χ1v) is 9.46. The van der Waals surface area contributed by atoms with E-state index in [1.54, 1.807) is 0 Å². The van der Waals surface area contributed by atoms with E-state index in [9.17, 15) is 9.59 Å². The van der Waals surface area contributed by atoms with Crippen LogP contribution in [0.25, 0.3) is 10.2 Å². The summed E-state index contributed by atoms with van der Waals surface area (Å²) in [5, 5.41) is 18.3. The number of benzene rings is 1. The predicted molar refractivity (Wildman–Crippen MR) is 102 cm³/mol. The molecule has 26 heavy (non-hydrogen) atoms. The number of urea groups is 1. The number of nitrogens with one attached hydrogen (secondary N) is 3. The quantitative estimate of drug-likeness (QED) is 0.746. The molecule has 1 aliphatic rings. The Labute approximate surface area is 155 Å². The summed E-state index contributed by atoms with van der Waals surface area (Å²) >= 11 is 1.38. The van der Waals surface area contributed by atoms with Crippen molar-refractivity contribution in [2.45, 2.75) is 38.6 Å². The van der Waals surface area contributed by atoms with Crippen LogP contribution in [-0.2, 0) is 4.79 Å². The number of fused-ring (bicyclic) bond motifs is 1. The maximum atomic E-state index is 12.2. The monoisotopic (exact) mass is 371 g/mol. The predicted octanol–water partition coefficient (Wildman–Crippen LogP) is 3.50. The Bertz CT molecular complexity index is 857. The van der Waals surface area contributed by atoms with E-state index in [0.29, 0.717) is 11.6 Å². The summed E-state index contributed by atoms with van der Waals surface area (Å²) in [4.78, 5) is 27.7. The van der Waals surface area contributed by atoms with Gasteiger partial charge in [0, 0.05) is 17.6 Å². The highest BCUT2D eigenvalue weighted by Crippen LogP contribution is 2.28. The van der Waals surface area contributed by atoms with Crippen LogP contribution in [0.3, 0.4) is 0 Å². The lowest BCUT2D eigenvalue weighted by atomic mass is 9.87. The average Bonchev–Trinajstić information content (AvgIpc) is 3.01. The van der Waals surface area contributed by atoms with E-state index in [4.69, 9.17) is 5.26 Å². The van der Waals surface area contributed by atoms with Crippen LogP contribution in [0.15, 0.2) is 18.2 Å². The molecular weight excluding hydrogens is 350 g/mol. The molecule has 2 atom stereocenters. The number of nitriles is 1. The maximum Gasteiger partial charge on any atom is 0.321 e. The fourth-order valence-corrected chi connectivity index (χ4v) is 3.97. The van der Waals surface area contributed by atoms with Crippen LogP contribution in [0.2, 0.25) is 0 Å². The van der Waals surface area contributed by atoms with Crippen molar-refractivity contribution in [3.05, 3.63) is 18.2 Å². The highest BCUT2D eigenvalue weighted by Gasteiger charge is 2.23. The van der Waals surface area contributed by atoms with E-state index in [0.717, 1.165) is 35.2 Å². The molecular formula is C18H21N5O2S. The van der Waals surface area contributed by atoms with E-state index in [1.807, 2.05) is 18.2 Å². The second kappa shape index (κ2) is 8.15. The standard InChI is InChI=1S/C18H21N5O2S/c1-11(24)10-20-13-5-6-15-16(8-13)26-18(22-15)23-17(25)21-14-4-2-3-12(7-14)9-19/h5-6,8,12,14,20H,2-4,7,10H2,1H3,(H2,21,22,23,25)/t12?,14-/m0/s1. The van der Waals surface area contributed by atoms with Gasteiger partial charge in [-0.25, -0.2) is 9.78 Å². The molecule has 136 valence electrons. The number of rotatable bonds is 5. The molecule has 0 aliphatic heterocycles. The molecule has 1 aromatic carbocycles. The number of hydrogen-bond acceptors (Lipinski definition) is 6.